The second kappa shape index (κ2) is 7.02. The fourth-order valence-electron chi connectivity index (χ4n) is 2.49. The van der Waals surface area contributed by atoms with Crippen molar-refractivity contribution in [3.63, 3.8) is 0 Å². The van der Waals surface area contributed by atoms with Gasteiger partial charge in [-0.05, 0) is 24.0 Å². The molecule has 4 nitrogen and oxygen atoms in total. The molecule has 1 unspecified atom stereocenters. The number of carbonyl (C=O) groups is 1. The summed E-state index contributed by atoms with van der Waals surface area (Å²) in [5, 5.41) is 0. The molecule has 6 heteroatoms. The van der Waals surface area contributed by atoms with Gasteiger partial charge in [0.05, 0.1) is 17.6 Å². The fourth-order valence-corrected chi connectivity index (χ4v) is 3.80. The highest BCUT2D eigenvalue weighted by Gasteiger charge is 2.26. The van der Waals surface area contributed by atoms with Gasteiger partial charge in [-0.3, -0.25) is 0 Å². The van der Waals surface area contributed by atoms with Crippen molar-refractivity contribution in [1.82, 2.24) is 0 Å². The number of carbonyl (C=O) groups excluding carboxylic acids is 1. The normalized spacial score (nSPS) is 13.0. The predicted octanol–water partition coefficient (Wildman–Crippen LogP) is 3.25. The van der Waals surface area contributed by atoms with E-state index in [1.165, 1.54) is 13.2 Å². The molecule has 0 N–H and O–H groups in total. The molecule has 0 spiro atoms. The van der Waals surface area contributed by atoms with Crippen molar-refractivity contribution in [2.45, 2.75) is 44.2 Å². The Labute approximate surface area is 125 Å². The Morgan fingerprint density at radius 1 is 1.38 bits per heavy atom. The highest BCUT2D eigenvalue weighted by Crippen LogP contribution is 2.32. The predicted molar refractivity (Wildman–Crippen MR) is 79.0 cm³/mol. The summed E-state index contributed by atoms with van der Waals surface area (Å²) < 4.78 is 42.2. The lowest BCUT2D eigenvalue weighted by Crippen LogP contribution is -2.14. The van der Waals surface area contributed by atoms with Gasteiger partial charge >= 0.3 is 5.97 Å². The van der Waals surface area contributed by atoms with E-state index in [-0.39, 0.29) is 21.9 Å². The molecule has 118 valence electrons. The molecular formula is C15H21FO4S. The first-order chi connectivity index (χ1) is 9.77. The van der Waals surface area contributed by atoms with Crippen LogP contribution >= 0.6 is 0 Å². The van der Waals surface area contributed by atoms with Gasteiger partial charge in [0.25, 0.3) is 0 Å². The zero-order chi connectivity index (χ0) is 16.2. The number of methoxy groups -OCH3 is 1. The average molecular weight is 316 g/mol. The zero-order valence-electron chi connectivity index (χ0n) is 12.8. The van der Waals surface area contributed by atoms with Crippen molar-refractivity contribution in [3.8, 4) is 0 Å². The number of hydrogen-bond acceptors (Lipinski definition) is 4. The summed E-state index contributed by atoms with van der Waals surface area (Å²) in [7, 11) is -2.47. The zero-order valence-corrected chi connectivity index (χ0v) is 13.6. The minimum atomic E-state index is -3.65. The van der Waals surface area contributed by atoms with Crippen LogP contribution in [0.3, 0.4) is 0 Å². The van der Waals surface area contributed by atoms with Crippen LogP contribution in [0.1, 0.15) is 54.1 Å². The number of rotatable bonds is 6. The standard InChI is InChI=1S/C15H21FO4S/c1-5-6-10(2)11-7-8-12(15(17)20-3)13(9-16)14(11)21(4,18)19/h7-8,10H,5-6,9H2,1-4H3. The maximum absolute atomic E-state index is 13.4. The van der Waals surface area contributed by atoms with Gasteiger partial charge in [0, 0.05) is 11.8 Å². The van der Waals surface area contributed by atoms with Crippen LogP contribution in [0.15, 0.2) is 17.0 Å². The summed E-state index contributed by atoms with van der Waals surface area (Å²) in [5.74, 6) is -0.765. The third kappa shape index (κ3) is 3.81. The topological polar surface area (TPSA) is 60.4 Å². The van der Waals surface area contributed by atoms with Crippen LogP contribution in [0.4, 0.5) is 4.39 Å². The quantitative estimate of drug-likeness (QED) is 0.756. The van der Waals surface area contributed by atoms with Gasteiger partial charge in [-0.1, -0.05) is 26.3 Å². The maximum atomic E-state index is 13.4. The minimum absolute atomic E-state index is 0.0308. The Morgan fingerprint density at radius 3 is 2.43 bits per heavy atom. The number of alkyl halides is 1. The Hall–Kier alpha value is -1.43. The molecular weight excluding hydrogens is 295 g/mol. The number of hydrogen-bond donors (Lipinski definition) is 0. The summed E-state index contributed by atoms with van der Waals surface area (Å²) in [4.78, 5) is 11.6. The van der Waals surface area contributed by atoms with E-state index in [0.29, 0.717) is 5.56 Å². The van der Waals surface area contributed by atoms with Crippen LogP contribution in [0, 0.1) is 0 Å². The molecule has 1 aromatic rings. The molecule has 1 atom stereocenters. The van der Waals surface area contributed by atoms with Crippen molar-refractivity contribution in [2.24, 2.45) is 0 Å². The van der Waals surface area contributed by atoms with Crippen LogP contribution < -0.4 is 0 Å². The average Bonchev–Trinajstić information content (AvgIpc) is 2.43. The molecule has 1 aromatic carbocycles. The minimum Gasteiger partial charge on any atom is -0.465 e. The van der Waals surface area contributed by atoms with E-state index in [2.05, 4.69) is 4.74 Å². The van der Waals surface area contributed by atoms with Crippen molar-refractivity contribution in [2.75, 3.05) is 13.4 Å². The van der Waals surface area contributed by atoms with Crippen molar-refractivity contribution in [1.29, 1.82) is 0 Å². The molecule has 1 rings (SSSR count). The van der Waals surface area contributed by atoms with Crippen LogP contribution in [-0.4, -0.2) is 27.8 Å². The molecule has 21 heavy (non-hydrogen) atoms. The summed E-state index contributed by atoms with van der Waals surface area (Å²) in [6, 6.07) is 3.03. The number of sulfone groups is 1. The first-order valence-corrected chi connectivity index (χ1v) is 8.67. The Morgan fingerprint density at radius 2 is 2.00 bits per heavy atom. The van der Waals surface area contributed by atoms with Gasteiger partial charge in [0.2, 0.25) is 0 Å². The van der Waals surface area contributed by atoms with Gasteiger partial charge in [0.1, 0.15) is 6.67 Å². The molecule has 0 saturated carbocycles. The Bertz CT molecular complexity index is 623. The molecule has 0 aliphatic heterocycles. The molecule has 0 bridgehead atoms. The van der Waals surface area contributed by atoms with E-state index < -0.39 is 22.5 Å². The molecule has 0 radical (unpaired) electrons. The third-order valence-electron chi connectivity index (χ3n) is 3.45. The molecule has 0 aliphatic carbocycles. The third-order valence-corrected chi connectivity index (χ3v) is 4.68. The lowest BCUT2D eigenvalue weighted by molar-refractivity contribution is 0.0598. The van der Waals surface area contributed by atoms with E-state index in [1.807, 2.05) is 13.8 Å². The fraction of sp³-hybridized carbons (Fsp3) is 0.533. The monoisotopic (exact) mass is 316 g/mol. The van der Waals surface area contributed by atoms with E-state index >= 15 is 0 Å². The van der Waals surface area contributed by atoms with Crippen molar-refractivity contribution < 1.29 is 22.3 Å². The van der Waals surface area contributed by atoms with E-state index in [4.69, 9.17) is 0 Å². The summed E-state index contributed by atoms with van der Waals surface area (Å²) in [6.45, 7) is 2.86. The van der Waals surface area contributed by atoms with E-state index in [0.717, 1.165) is 19.1 Å². The number of ether oxygens (including phenoxy) is 1. The van der Waals surface area contributed by atoms with Crippen LogP contribution in [0.5, 0.6) is 0 Å². The number of halogens is 1. The highest BCUT2D eigenvalue weighted by atomic mass is 32.2. The smallest absolute Gasteiger partial charge is 0.338 e. The summed E-state index contributed by atoms with van der Waals surface area (Å²) in [5.41, 5.74) is 0.414. The van der Waals surface area contributed by atoms with Crippen molar-refractivity contribution in [3.05, 3.63) is 28.8 Å². The second-order valence-corrected chi connectivity index (χ2v) is 7.05. The summed E-state index contributed by atoms with van der Waals surface area (Å²) >= 11 is 0. The van der Waals surface area contributed by atoms with Gasteiger partial charge in [-0.25, -0.2) is 17.6 Å². The number of esters is 1. The van der Waals surface area contributed by atoms with E-state index in [1.54, 1.807) is 6.07 Å². The lowest BCUT2D eigenvalue weighted by atomic mass is 9.93. The van der Waals surface area contributed by atoms with Crippen LogP contribution in [-0.2, 0) is 21.2 Å². The first kappa shape index (κ1) is 17.6. The highest BCUT2D eigenvalue weighted by molar-refractivity contribution is 7.90. The largest absolute Gasteiger partial charge is 0.465 e. The van der Waals surface area contributed by atoms with Gasteiger partial charge in [-0.2, -0.15) is 0 Å². The SMILES string of the molecule is CCCC(C)c1ccc(C(=O)OC)c(CF)c1S(C)(=O)=O. The van der Waals surface area contributed by atoms with Crippen LogP contribution in [0.2, 0.25) is 0 Å². The lowest BCUT2D eigenvalue weighted by Gasteiger charge is -2.19. The van der Waals surface area contributed by atoms with Gasteiger partial charge in [0.15, 0.2) is 9.84 Å². The maximum Gasteiger partial charge on any atom is 0.338 e. The first-order valence-electron chi connectivity index (χ1n) is 6.78. The molecule has 0 saturated heterocycles. The Balaban J connectivity index is 3.66. The molecule has 0 aliphatic rings. The molecule has 0 heterocycles. The van der Waals surface area contributed by atoms with Crippen LogP contribution in [0.25, 0.3) is 0 Å². The second-order valence-electron chi connectivity index (χ2n) is 5.10. The Kier molecular flexibility index (Phi) is 5.89. The van der Waals surface area contributed by atoms with Gasteiger partial charge < -0.3 is 4.74 Å². The van der Waals surface area contributed by atoms with E-state index in [9.17, 15) is 17.6 Å². The molecule has 0 fully saturated rings. The van der Waals surface area contributed by atoms with Crippen molar-refractivity contribution >= 4 is 15.8 Å². The van der Waals surface area contributed by atoms with Gasteiger partial charge in [-0.15, -0.1) is 0 Å². The number of benzene rings is 1. The molecule has 0 aromatic heterocycles. The molecule has 0 amide bonds. The summed E-state index contributed by atoms with van der Waals surface area (Å²) in [6.07, 6.45) is 2.70.